The van der Waals surface area contributed by atoms with Crippen molar-refractivity contribution in [3.63, 3.8) is 0 Å². The van der Waals surface area contributed by atoms with Crippen LogP contribution in [0.4, 0.5) is 4.79 Å². The third-order valence-corrected chi connectivity index (χ3v) is 5.72. The Kier molecular flexibility index (Phi) is 16.5. The van der Waals surface area contributed by atoms with Gasteiger partial charge in [0.25, 0.3) is 0 Å². The predicted molar refractivity (Wildman–Crippen MR) is 173 cm³/mol. The largest absolute Gasteiger partial charge is 0.458 e. The van der Waals surface area contributed by atoms with Crippen molar-refractivity contribution in [1.29, 1.82) is 5.26 Å². The van der Waals surface area contributed by atoms with Crippen molar-refractivity contribution in [1.82, 2.24) is 16.0 Å². The van der Waals surface area contributed by atoms with Gasteiger partial charge < -0.3 is 34.7 Å². The highest BCUT2D eigenvalue weighted by Crippen LogP contribution is 2.18. The van der Waals surface area contributed by atoms with E-state index in [1.54, 1.807) is 68.5 Å². The Morgan fingerprint density at radius 1 is 0.870 bits per heavy atom. The molecule has 13 nitrogen and oxygen atoms in total. The topological polar surface area (TPSA) is 181 Å². The van der Waals surface area contributed by atoms with Crippen LogP contribution < -0.4 is 16.0 Å². The van der Waals surface area contributed by atoms with Gasteiger partial charge in [0, 0.05) is 13.0 Å². The summed E-state index contributed by atoms with van der Waals surface area (Å²) in [7, 11) is 0. The lowest BCUT2D eigenvalue weighted by atomic mass is 10.1. The third kappa shape index (κ3) is 19.5. The lowest BCUT2D eigenvalue weighted by Crippen LogP contribution is -2.49. The van der Waals surface area contributed by atoms with Gasteiger partial charge in [-0.1, -0.05) is 30.3 Å². The number of carbonyl (C=O) groups excluding carboxylic acids is 3. The van der Waals surface area contributed by atoms with Gasteiger partial charge in [-0.3, -0.25) is 5.32 Å². The monoisotopic (exact) mass is 647 g/mol. The number of carbonyl (C=O) groups is 3. The number of nitrogens with zero attached hydrogens (tertiary/aromatic N) is 2. The fourth-order valence-corrected chi connectivity index (χ4v) is 3.91. The lowest BCUT2D eigenvalue weighted by molar-refractivity contribution is -0.171. The van der Waals surface area contributed by atoms with E-state index in [2.05, 4.69) is 20.9 Å². The van der Waals surface area contributed by atoms with Crippen LogP contribution >= 0.6 is 0 Å². The smallest absolute Gasteiger partial charge is 0.407 e. The second-order valence-electron chi connectivity index (χ2n) is 13.7. The molecule has 0 aliphatic heterocycles. The average molecular weight is 648 g/mol. The number of alkyl carbamates (subject to hydrolysis) is 1. The molecule has 1 aromatic carbocycles. The van der Waals surface area contributed by atoms with Crippen molar-refractivity contribution in [2.24, 2.45) is 4.99 Å². The van der Waals surface area contributed by atoms with Crippen molar-refractivity contribution < 1.29 is 38.4 Å². The molecule has 4 N–H and O–H groups in total. The van der Waals surface area contributed by atoms with E-state index >= 15 is 0 Å². The molecule has 0 bridgehead atoms. The number of guanidine groups is 1. The third-order valence-electron chi connectivity index (χ3n) is 5.72. The summed E-state index contributed by atoms with van der Waals surface area (Å²) in [6.07, 6.45) is 1.42. The van der Waals surface area contributed by atoms with Crippen molar-refractivity contribution >= 4 is 24.0 Å². The van der Waals surface area contributed by atoms with E-state index in [4.69, 9.17) is 18.9 Å². The number of benzene rings is 1. The van der Waals surface area contributed by atoms with Gasteiger partial charge in [-0.2, -0.15) is 5.26 Å². The summed E-state index contributed by atoms with van der Waals surface area (Å²) in [6.45, 7) is 16.2. The van der Waals surface area contributed by atoms with Crippen LogP contribution in [0.1, 0.15) is 100.0 Å². The molecule has 46 heavy (non-hydrogen) atoms. The molecule has 1 aromatic rings. The van der Waals surface area contributed by atoms with Crippen LogP contribution in [0.2, 0.25) is 0 Å². The molecular weight excluding hydrogens is 594 g/mol. The number of unbranched alkanes of at least 4 members (excludes halogenated alkanes) is 1. The number of aliphatic hydroxyl groups is 1. The summed E-state index contributed by atoms with van der Waals surface area (Å²) < 4.78 is 21.9. The van der Waals surface area contributed by atoms with E-state index in [9.17, 15) is 24.8 Å². The number of amides is 1. The summed E-state index contributed by atoms with van der Waals surface area (Å²) in [5.41, 5.74) is -1.35. The van der Waals surface area contributed by atoms with Gasteiger partial charge in [0.15, 0.2) is 18.5 Å². The lowest BCUT2D eigenvalue weighted by Gasteiger charge is -2.27. The molecule has 13 heteroatoms. The maximum absolute atomic E-state index is 13.2. The Morgan fingerprint density at radius 3 is 2.04 bits per heavy atom. The summed E-state index contributed by atoms with van der Waals surface area (Å²) >= 11 is 0. The van der Waals surface area contributed by atoms with Gasteiger partial charge in [-0.05, 0) is 93.6 Å². The molecule has 0 radical (unpaired) electrons. The van der Waals surface area contributed by atoms with Gasteiger partial charge in [-0.25, -0.2) is 19.4 Å². The minimum absolute atomic E-state index is 0.0353. The van der Waals surface area contributed by atoms with Crippen molar-refractivity contribution in [2.45, 2.75) is 136 Å². The zero-order valence-electron chi connectivity index (χ0n) is 28.8. The molecule has 0 saturated heterocycles. The standard InChI is InChI=1S/C33H53N5O8/c1-31(2,3)44-26(39)19-18-25(28(41)46-33(7,8)9)38-29(36-22-34)37-24(27(40)45-32(4,5)6)17-13-14-20-35-30(42)43-21-23-15-11-10-12-16-23/h10-12,15-16,24-26,39H,13-14,17-21H2,1-9H3,(H,35,42)(H2,36,37,38)/t24-,25-,26?/m0/s1. The second kappa shape index (κ2) is 18.9. The first-order chi connectivity index (χ1) is 21.3. The Bertz CT molecular complexity index is 1160. The number of aliphatic imine (C=N–C) groups is 1. The Labute approximate surface area is 273 Å². The molecule has 1 rings (SSSR count). The molecular formula is C33H53N5O8. The minimum Gasteiger partial charge on any atom is -0.458 e. The van der Waals surface area contributed by atoms with Crippen molar-refractivity contribution in [3.05, 3.63) is 35.9 Å². The fraction of sp³-hybridized carbons (Fsp3) is 0.667. The Hall–Kier alpha value is -3.89. The highest BCUT2D eigenvalue weighted by molar-refractivity contribution is 5.89. The van der Waals surface area contributed by atoms with Crippen LogP contribution in [0.3, 0.4) is 0 Å². The highest BCUT2D eigenvalue weighted by atomic mass is 16.6. The first-order valence-corrected chi connectivity index (χ1v) is 15.5. The van der Waals surface area contributed by atoms with Crippen molar-refractivity contribution in [2.75, 3.05) is 6.54 Å². The van der Waals surface area contributed by atoms with E-state index in [0.717, 1.165) is 5.56 Å². The maximum atomic E-state index is 13.2. The number of rotatable bonds is 15. The van der Waals surface area contributed by atoms with E-state index in [0.29, 0.717) is 19.4 Å². The van der Waals surface area contributed by atoms with Crippen LogP contribution in [-0.2, 0) is 35.1 Å². The molecule has 1 unspecified atom stereocenters. The first-order valence-electron chi connectivity index (χ1n) is 15.5. The second-order valence-corrected chi connectivity index (χ2v) is 13.7. The number of nitrogens with one attached hydrogen (secondary N) is 3. The van der Waals surface area contributed by atoms with Gasteiger partial charge in [-0.15, -0.1) is 0 Å². The quantitative estimate of drug-likeness (QED) is 0.0309. The maximum Gasteiger partial charge on any atom is 0.407 e. The van der Waals surface area contributed by atoms with Crippen LogP contribution in [0.25, 0.3) is 0 Å². The molecule has 3 atom stereocenters. The number of aliphatic hydroxyl groups excluding tert-OH is 1. The Morgan fingerprint density at radius 2 is 1.48 bits per heavy atom. The molecule has 0 spiro atoms. The van der Waals surface area contributed by atoms with Gasteiger partial charge in [0.1, 0.15) is 23.9 Å². The molecule has 0 aliphatic rings. The van der Waals surface area contributed by atoms with Gasteiger partial charge in [0.2, 0.25) is 5.96 Å². The molecule has 0 fully saturated rings. The zero-order chi connectivity index (χ0) is 35.0. The molecule has 1 amide bonds. The van der Waals surface area contributed by atoms with Crippen LogP contribution in [-0.4, -0.2) is 70.8 Å². The molecule has 0 aliphatic carbocycles. The van der Waals surface area contributed by atoms with E-state index in [1.807, 2.05) is 30.3 Å². The number of nitriles is 1. The summed E-state index contributed by atoms with van der Waals surface area (Å²) in [5.74, 6) is -1.39. The number of ether oxygens (including phenoxy) is 4. The number of hydrogen-bond donors (Lipinski definition) is 4. The average Bonchev–Trinajstić information content (AvgIpc) is 2.90. The first kappa shape index (κ1) is 40.1. The van der Waals surface area contributed by atoms with Gasteiger partial charge >= 0.3 is 18.0 Å². The summed E-state index contributed by atoms with van der Waals surface area (Å²) in [5, 5.41) is 27.8. The van der Waals surface area contributed by atoms with Crippen LogP contribution in [0.15, 0.2) is 35.3 Å². The minimum atomic E-state index is -1.17. The fourth-order valence-electron chi connectivity index (χ4n) is 3.91. The number of esters is 2. The SMILES string of the molecule is CC(C)(C)OC(=O)[C@H](CCC(O)OC(C)(C)C)N=C(NC#N)N[C@@H](CCCCNC(=O)OCc1ccccc1)C(=O)OC(C)(C)C. The molecule has 0 heterocycles. The zero-order valence-corrected chi connectivity index (χ0v) is 28.8. The number of hydrogen-bond acceptors (Lipinski definition) is 10. The molecule has 258 valence electrons. The molecule has 0 saturated carbocycles. The summed E-state index contributed by atoms with van der Waals surface area (Å²) in [6, 6.07) is 7.23. The van der Waals surface area contributed by atoms with Crippen LogP contribution in [0, 0.1) is 11.5 Å². The van der Waals surface area contributed by atoms with Gasteiger partial charge in [0.05, 0.1) is 5.60 Å². The van der Waals surface area contributed by atoms with E-state index in [-0.39, 0.29) is 31.8 Å². The Balaban J connectivity index is 3.00. The highest BCUT2D eigenvalue weighted by Gasteiger charge is 2.30. The van der Waals surface area contributed by atoms with E-state index < -0.39 is 53.2 Å². The van der Waals surface area contributed by atoms with E-state index in [1.165, 1.54) is 0 Å². The predicted octanol–water partition coefficient (Wildman–Crippen LogP) is 4.43. The molecule has 0 aromatic heterocycles. The summed E-state index contributed by atoms with van der Waals surface area (Å²) in [4.78, 5) is 42.7. The van der Waals surface area contributed by atoms with Crippen molar-refractivity contribution in [3.8, 4) is 6.19 Å². The van der Waals surface area contributed by atoms with Crippen LogP contribution in [0.5, 0.6) is 0 Å². The normalized spacial score (nSPS) is 14.2.